The summed E-state index contributed by atoms with van der Waals surface area (Å²) in [5, 5.41) is 6.80. The van der Waals surface area contributed by atoms with E-state index in [-0.39, 0.29) is 11.9 Å². The largest absolute Gasteiger partial charge is 0.340 e. The Bertz CT molecular complexity index is 657. The molecule has 0 fully saturated rings. The number of thiophene rings is 1. The molecule has 0 aliphatic rings. The average Bonchev–Trinajstić information content (AvgIpc) is 3.09. The highest BCUT2D eigenvalue weighted by Crippen LogP contribution is 2.20. The van der Waals surface area contributed by atoms with Crippen LogP contribution in [-0.2, 0) is 0 Å². The third kappa shape index (κ3) is 3.17. The fourth-order valence-corrected chi connectivity index (χ4v) is 2.76. The van der Waals surface area contributed by atoms with Gasteiger partial charge in [0.05, 0.1) is 17.3 Å². The van der Waals surface area contributed by atoms with Gasteiger partial charge in [-0.2, -0.15) is 11.3 Å². The second-order valence-electron chi connectivity index (χ2n) is 4.58. The molecule has 3 nitrogen and oxygen atoms in total. The van der Waals surface area contributed by atoms with Crippen molar-refractivity contribution in [1.29, 1.82) is 0 Å². The molecule has 21 heavy (non-hydrogen) atoms. The number of amides is 1. The first-order valence-electron chi connectivity index (χ1n) is 6.63. The molecule has 0 spiro atoms. The van der Waals surface area contributed by atoms with E-state index in [1.807, 2.05) is 65.4 Å². The van der Waals surface area contributed by atoms with Gasteiger partial charge < -0.3 is 5.32 Å². The minimum Gasteiger partial charge on any atom is -0.340 e. The molecular formula is C17H14N2OS. The van der Waals surface area contributed by atoms with Crippen LogP contribution in [0.25, 0.3) is 0 Å². The topological polar surface area (TPSA) is 42.0 Å². The van der Waals surface area contributed by atoms with E-state index in [0.717, 1.165) is 11.3 Å². The van der Waals surface area contributed by atoms with Gasteiger partial charge in [-0.1, -0.05) is 36.4 Å². The lowest BCUT2D eigenvalue weighted by molar-refractivity contribution is 0.0943. The number of nitrogens with one attached hydrogen (secondary N) is 1. The van der Waals surface area contributed by atoms with E-state index in [9.17, 15) is 4.79 Å². The van der Waals surface area contributed by atoms with Crippen LogP contribution < -0.4 is 5.32 Å². The summed E-state index contributed by atoms with van der Waals surface area (Å²) in [6, 6.07) is 17.2. The van der Waals surface area contributed by atoms with Crippen molar-refractivity contribution in [3.8, 4) is 0 Å². The van der Waals surface area contributed by atoms with Crippen molar-refractivity contribution in [3.63, 3.8) is 0 Å². The third-order valence-electron chi connectivity index (χ3n) is 3.18. The Kier molecular flexibility index (Phi) is 4.07. The van der Waals surface area contributed by atoms with E-state index in [1.54, 1.807) is 6.20 Å². The summed E-state index contributed by atoms with van der Waals surface area (Å²) < 4.78 is 0. The minimum atomic E-state index is -0.250. The predicted molar refractivity (Wildman–Crippen MR) is 84.3 cm³/mol. The van der Waals surface area contributed by atoms with Crippen LogP contribution in [0.3, 0.4) is 0 Å². The molecule has 1 unspecified atom stereocenters. The van der Waals surface area contributed by atoms with Crippen LogP contribution >= 0.6 is 11.3 Å². The van der Waals surface area contributed by atoms with Crippen LogP contribution in [0.15, 0.2) is 71.6 Å². The maximum Gasteiger partial charge on any atom is 0.252 e. The zero-order chi connectivity index (χ0) is 14.5. The normalized spacial score (nSPS) is 11.8. The summed E-state index contributed by atoms with van der Waals surface area (Å²) >= 11 is 1.51. The maximum atomic E-state index is 12.3. The molecule has 2 heterocycles. The fourth-order valence-electron chi connectivity index (χ4n) is 2.13. The van der Waals surface area contributed by atoms with E-state index in [2.05, 4.69) is 10.3 Å². The molecule has 4 heteroatoms. The van der Waals surface area contributed by atoms with E-state index in [0.29, 0.717) is 5.56 Å². The first kappa shape index (κ1) is 13.5. The molecule has 0 radical (unpaired) electrons. The molecule has 1 atom stereocenters. The smallest absolute Gasteiger partial charge is 0.252 e. The van der Waals surface area contributed by atoms with Gasteiger partial charge in [-0.25, -0.2) is 0 Å². The highest BCUT2D eigenvalue weighted by atomic mass is 32.1. The first-order chi connectivity index (χ1) is 10.3. The number of rotatable bonds is 4. The summed E-state index contributed by atoms with van der Waals surface area (Å²) in [7, 11) is 0. The minimum absolute atomic E-state index is 0.0873. The molecule has 0 bridgehead atoms. The zero-order valence-corrected chi connectivity index (χ0v) is 12.1. The maximum absolute atomic E-state index is 12.3. The second kappa shape index (κ2) is 6.33. The Balaban J connectivity index is 1.92. The van der Waals surface area contributed by atoms with Crippen LogP contribution in [0.1, 0.15) is 27.7 Å². The van der Waals surface area contributed by atoms with Crippen LogP contribution in [-0.4, -0.2) is 10.9 Å². The molecular weight excluding hydrogens is 280 g/mol. The quantitative estimate of drug-likeness (QED) is 0.798. The van der Waals surface area contributed by atoms with E-state index < -0.39 is 0 Å². The monoisotopic (exact) mass is 294 g/mol. The number of aromatic nitrogens is 1. The molecule has 104 valence electrons. The number of benzene rings is 1. The highest BCUT2D eigenvalue weighted by Gasteiger charge is 2.18. The molecule has 1 N–H and O–H groups in total. The van der Waals surface area contributed by atoms with E-state index >= 15 is 0 Å². The summed E-state index contributed by atoms with van der Waals surface area (Å²) in [4.78, 5) is 16.7. The average molecular weight is 294 g/mol. The SMILES string of the molecule is O=C(NC(c1ccccc1)c1ccccn1)c1ccsc1. The van der Waals surface area contributed by atoms with Crippen molar-refractivity contribution in [1.82, 2.24) is 10.3 Å². The Morgan fingerprint density at radius 2 is 1.86 bits per heavy atom. The summed E-state index contributed by atoms with van der Waals surface area (Å²) in [5.74, 6) is -0.0873. The summed E-state index contributed by atoms with van der Waals surface area (Å²) in [6.45, 7) is 0. The van der Waals surface area contributed by atoms with Crippen molar-refractivity contribution in [2.24, 2.45) is 0 Å². The van der Waals surface area contributed by atoms with Gasteiger partial charge in [0.2, 0.25) is 0 Å². The van der Waals surface area contributed by atoms with Gasteiger partial charge in [0, 0.05) is 11.6 Å². The number of carbonyl (C=O) groups excluding carboxylic acids is 1. The second-order valence-corrected chi connectivity index (χ2v) is 5.36. The number of nitrogens with zero attached hydrogens (tertiary/aromatic N) is 1. The van der Waals surface area contributed by atoms with Crippen molar-refractivity contribution in [2.75, 3.05) is 0 Å². The van der Waals surface area contributed by atoms with Crippen LogP contribution in [0.2, 0.25) is 0 Å². The molecule has 1 aromatic carbocycles. The fraction of sp³-hybridized carbons (Fsp3) is 0.0588. The molecule has 0 aliphatic carbocycles. The van der Waals surface area contributed by atoms with Crippen LogP contribution in [0.4, 0.5) is 0 Å². The van der Waals surface area contributed by atoms with E-state index in [4.69, 9.17) is 0 Å². The first-order valence-corrected chi connectivity index (χ1v) is 7.58. The number of hydrogen-bond donors (Lipinski definition) is 1. The molecule has 3 aromatic rings. The lowest BCUT2D eigenvalue weighted by Crippen LogP contribution is -2.29. The van der Waals surface area contributed by atoms with Gasteiger partial charge in [-0.15, -0.1) is 0 Å². The van der Waals surface area contributed by atoms with Gasteiger partial charge >= 0.3 is 0 Å². The Labute approximate surface area is 127 Å². The third-order valence-corrected chi connectivity index (χ3v) is 3.86. The highest BCUT2D eigenvalue weighted by molar-refractivity contribution is 7.08. The lowest BCUT2D eigenvalue weighted by atomic mass is 10.0. The van der Waals surface area contributed by atoms with Crippen molar-refractivity contribution in [2.45, 2.75) is 6.04 Å². The number of pyridine rings is 1. The number of carbonyl (C=O) groups is 1. The summed E-state index contributed by atoms with van der Waals surface area (Å²) in [5.41, 5.74) is 2.52. The van der Waals surface area contributed by atoms with Crippen molar-refractivity contribution in [3.05, 3.63) is 88.4 Å². The van der Waals surface area contributed by atoms with Gasteiger partial charge in [-0.05, 0) is 29.1 Å². The van der Waals surface area contributed by atoms with Gasteiger partial charge in [0.25, 0.3) is 5.91 Å². The Hall–Kier alpha value is -2.46. The number of hydrogen-bond acceptors (Lipinski definition) is 3. The Morgan fingerprint density at radius 1 is 1.05 bits per heavy atom. The summed E-state index contributed by atoms with van der Waals surface area (Å²) in [6.07, 6.45) is 1.74. The molecule has 1 amide bonds. The molecule has 0 saturated heterocycles. The predicted octanol–water partition coefficient (Wildman–Crippen LogP) is 3.66. The van der Waals surface area contributed by atoms with Crippen molar-refractivity contribution < 1.29 is 4.79 Å². The van der Waals surface area contributed by atoms with Gasteiger partial charge in [0.1, 0.15) is 0 Å². The zero-order valence-electron chi connectivity index (χ0n) is 11.3. The Morgan fingerprint density at radius 3 is 2.52 bits per heavy atom. The standard InChI is InChI=1S/C17H14N2OS/c20-17(14-9-11-21-12-14)19-16(13-6-2-1-3-7-13)15-8-4-5-10-18-15/h1-12,16H,(H,19,20). The van der Waals surface area contributed by atoms with Gasteiger partial charge in [-0.3, -0.25) is 9.78 Å². The van der Waals surface area contributed by atoms with Crippen LogP contribution in [0, 0.1) is 0 Å². The van der Waals surface area contributed by atoms with E-state index in [1.165, 1.54) is 11.3 Å². The molecule has 2 aromatic heterocycles. The van der Waals surface area contributed by atoms with Crippen LogP contribution in [0.5, 0.6) is 0 Å². The van der Waals surface area contributed by atoms with Crippen molar-refractivity contribution >= 4 is 17.2 Å². The molecule has 0 saturated carbocycles. The lowest BCUT2D eigenvalue weighted by Gasteiger charge is -2.18. The molecule has 0 aliphatic heterocycles. The molecule has 3 rings (SSSR count). The van der Waals surface area contributed by atoms with Gasteiger partial charge in [0.15, 0.2) is 0 Å².